The van der Waals surface area contributed by atoms with Gasteiger partial charge in [0.05, 0.1) is 10.5 Å². The molecule has 3 rings (SSSR count). The molecule has 0 unspecified atom stereocenters. The van der Waals surface area contributed by atoms with Crippen molar-refractivity contribution in [2.45, 2.75) is 38.0 Å². The van der Waals surface area contributed by atoms with Crippen LogP contribution in [0.1, 0.15) is 41.8 Å². The van der Waals surface area contributed by atoms with Crippen molar-refractivity contribution in [1.82, 2.24) is 4.31 Å². The number of nitrogens with one attached hydrogen (secondary N) is 1. The van der Waals surface area contributed by atoms with Gasteiger partial charge in [0.1, 0.15) is 5.82 Å². The molecule has 0 spiro atoms. The van der Waals surface area contributed by atoms with Crippen LogP contribution in [0.3, 0.4) is 0 Å². The molecule has 0 radical (unpaired) electrons. The van der Waals surface area contributed by atoms with Crippen LogP contribution in [0, 0.1) is 5.82 Å². The number of aryl methyl sites for hydroxylation is 2. The van der Waals surface area contributed by atoms with E-state index in [0.717, 1.165) is 31.4 Å². The summed E-state index contributed by atoms with van der Waals surface area (Å²) in [6.07, 6.45) is 3.08. The quantitative estimate of drug-likeness (QED) is 0.820. The summed E-state index contributed by atoms with van der Waals surface area (Å²) >= 11 is 0. The molecule has 1 aliphatic rings. The molecule has 2 aromatic rings. The number of rotatable bonds is 6. The van der Waals surface area contributed by atoms with Crippen LogP contribution in [-0.4, -0.2) is 31.7 Å². The van der Waals surface area contributed by atoms with E-state index in [1.54, 1.807) is 19.9 Å². The minimum atomic E-state index is -3.77. The molecule has 1 amide bonds. The van der Waals surface area contributed by atoms with E-state index in [-0.39, 0.29) is 10.5 Å². The minimum Gasteiger partial charge on any atom is -0.322 e. The van der Waals surface area contributed by atoms with E-state index in [1.165, 1.54) is 21.5 Å². The molecular formula is C20H23FN2O3S. The molecule has 0 heterocycles. The lowest BCUT2D eigenvalue weighted by Gasteiger charge is -2.19. The fraction of sp³-hybridized carbons (Fsp3) is 0.350. The van der Waals surface area contributed by atoms with Crippen LogP contribution in [0.2, 0.25) is 0 Å². The Morgan fingerprint density at radius 2 is 1.78 bits per heavy atom. The van der Waals surface area contributed by atoms with E-state index in [9.17, 15) is 17.6 Å². The Bertz CT molecular complexity index is 969. The fourth-order valence-corrected chi connectivity index (χ4v) is 4.88. The first-order chi connectivity index (χ1) is 12.9. The summed E-state index contributed by atoms with van der Waals surface area (Å²) in [6.45, 7) is 4.05. The summed E-state index contributed by atoms with van der Waals surface area (Å²) in [5.41, 5.74) is 2.75. The van der Waals surface area contributed by atoms with E-state index >= 15 is 0 Å². The van der Waals surface area contributed by atoms with Gasteiger partial charge in [0.15, 0.2) is 0 Å². The highest BCUT2D eigenvalue weighted by atomic mass is 32.2. The van der Waals surface area contributed by atoms with Gasteiger partial charge < -0.3 is 5.32 Å². The standard InChI is InChI=1S/C20H23FN2O3S/c1-3-23(4-2)27(25,26)17-10-11-19(21)18(13-17)20(24)22-16-9-8-14-6-5-7-15(14)12-16/h8-13H,3-7H2,1-2H3,(H,22,24). The third-order valence-electron chi connectivity index (χ3n) is 4.88. The van der Waals surface area contributed by atoms with E-state index in [4.69, 9.17) is 0 Å². The third-order valence-corrected chi connectivity index (χ3v) is 6.93. The number of anilines is 1. The van der Waals surface area contributed by atoms with Crippen molar-refractivity contribution in [2.75, 3.05) is 18.4 Å². The molecular weight excluding hydrogens is 367 g/mol. The molecule has 5 nitrogen and oxygen atoms in total. The maximum Gasteiger partial charge on any atom is 0.258 e. The smallest absolute Gasteiger partial charge is 0.258 e. The number of benzene rings is 2. The molecule has 144 valence electrons. The summed E-state index contributed by atoms with van der Waals surface area (Å²) < 4.78 is 40.8. The van der Waals surface area contributed by atoms with Gasteiger partial charge >= 0.3 is 0 Å². The van der Waals surface area contributed by atoms with Crippen molar-refractivity contribution in [1.29, 1.82) is 0 Å². The number of fused-ring (bicyclic) bond motifs is 1. The fourth-order valence-electron chi connectivity index (χ4n) is 3.40. The van der Waals surface area contributed by atoms with Gasteiger partial charge in [-0.2, -0.15) is 4.31 Å². The van der Waals surface area contributed by atoms with Gasteiger partial charge in [-0.25, -0.2) is 12.8 Å². The number of halogens is 1. The lowest BCUT2D eigenvalue weighted by atomic mass is 10.1. The van der Waals surface area contributed by atoms with Crippen LogP contribution in [0.4, 0.5) is 10.1 Å². The lowest BCUT2D eigenvalue weighted by molar-refractivity contribution is 0.102. The zero-order valence-corrected chi connectivity index (χ0v) is 16.3. The van der Waals surface area contributed by atoms with E-state index in [1.807, 2.05) is 12.1 Å². The Morgan fingerprint density at radius 3 is 2.48 bits per heavy atom. The molecule has 1 aliphatic carbocycles. The monoisotopic (exact) mass is 390 g/mol. The summed E-state index contributed by atoms with van der Waals surface area (Å²) in [7, 11) is -3.77. The number of carbonyl (C=O) groups excluding carboxylic acids is 1. The topological polar surface area (TPSA) is 66.5 Å². The Morgan fingerprint density at radius 1 is 1.07 bits per heavy atom. The number of hydrogen-bond acceptors (Lipinski definition) is 3. The van der Waals surface area contributed by atoms with Crippen LogP contribution in [0.5, 0.6) is 0 Å². The molecule has 0 aromatic heterocycles. The van der Waals surface area contributed by atoms with E-state index < -0.39 is 21.7 Å². The SMILES string of the molecule is CCN(CC)S(=O)(=O)c1ccc(F)c(C(=O)Nc2ccc3c(c2)CCC3)c1. The highest BCUT2D eigenvalue weighted by Crippen LogP contribution is 2.26. The number of sulfonamides is 1. The second kappa shape index (κ2) is 7.78. The van der Waals surface area contributed by atoms with Gasteiger partial charge in [0.2, 0.25) is 10.0 Å². The molecule has 1 N–H and O–H groups in total. The van der Waals surface area contributed by atoms with Gasteiger partial charge in [0, 0.05) is 18.8 Å². The summed E-state index contributed by atoms with van der Waals surface area (Å²) in [5.74, 6) is -1.42. The van der Waals surface area contributed by atoms with Crippen LogP contribution in [-0.2, 0) is 22.9 Å². The number of nitrogens with zero attached hydrogens (tertiary/aromatic N) is 1. The molecule has 7 heteroatoms. The largest absolute Gasteiger partial charge is 0.322 e. The van der Waals surface area contributed by atoms with Crippen molar-refractivity contribution in [3.63, 3.8) is 0 Å². The van der Waals surface area contributed by atoms with Crippen molar-refractivity contribution < 1.29 is 17.6 Å². The average molecular weight is 390 g/mol. The van der Waals surface area contributed by atoms with Crippen molar-refractivity contribution in [3.8, 4) is 0 Å². The maximum absolute atomic E-state index is 14.2. The van der Waals surface area contributed by atoms with Crippen LogP contribution in [0.15, 0.2) is 41.3 Å². The predicted octanol–water partition coefficient (Wildman–Crippen LogP) is 3.60. The molecule has 0 fully saturated rings. The normalized spacial score (nSPS) is 13.6. The summed E-state index contributed by atoms with van der Waals surface area (Å²) in [5, 5.41) is 2.68. The Balaban J connectivity index is 1.89. The molecule has 0 atom stereocenters. The van der Waals surface area contributed by atoms with Gasteiger partial charge in [-0.15, -0.1) is 0 Å². The summed E-state index contributed by atoms with van der Waals surface area (Å²) in [6, 6.07) is 8.97. The number of amides is 1. The second-order valence-corrected chi connectivity index (χ2v) is 8.46. The first-order valence-corrected chi connectivity index (χ1v) is 10.5. The van der Waals surface area contributed by atoms with Crippen LogP contribution in [0.25, 0.3) is 0 Å². The first-order valence-electron chi connectivity index (χ1n) is 9.09. The van der Waals surface area contributed by atoms with E-state index in [0.29, 0.717) is 18.8 Å². The second-order valence-electron chi connectivity index (χ2n) is 6.52. The third kappa shape index (κ3) is 3.89. The molecule has 0 aliphatic heterocycles. The predicted molar refractivity (Wildman–Crippen MR) is 103 cm³/mol. The van der Waals surface area contributed by atoms with Gasteiger partial charge in [0.25, 0.3) is 5.91 Å². The Kier molecular flexibility index (Phi) is 5.62. The van der Waals surface area contributed by atoms with Crippen molar-refractivity contribution in [2.24, 2.45) is 0 Å². The minimum absolute atomic E-state index is 0.0910. The zero-order chi connectivity index (χ0) is 19.6. The van der Waals surface area contributed by atoms with Gasteiger partial charge in [-0.1, -0.05) is 19.9 Å². The number of hydrogen-bond donors (Lipinski definition) is 1. The molecule has 2 aromatic carbocycles. The highest BCUT2D eigenvalue weighted by Gasteiger charge is 2.24. The average Bonchev–Trinajstić information content (AvgIpc) is 3.10. The molecule has 0 saturated carbocycles. The van der Waals surface area contributed by atoms with Crippen LogP contribution < -0.4 is 5.32 Å². The van der Waals surface area contributed by atoms with Crippen molar-refractivity contribution in [3.05, 3.63) is 58.9 Å². The van der Waals surface area contributed by atoms with E-state index in [2.05, 4.69) is 5.32 Å². The lowest BCUT2D eigenvalue weighted by Crippen LogP contribution is -2.31. The Hall–Kier alpha value is -2.25. The van der Waals surface area contributed by atoms with Gasteiger partial charge in [-0.3, -0.25) is 4.79 Å². The van der Waals surface area contributed by atoms with Crippen LogP contribution >= 0.6 is 0 Å². The molecule has 27 heavy (non-hydrogen) atoms. The zero-order valence-electron chi connectivity index (χ0n) is 15.5. The first kappa shape index (κ1) is 19.5. The number of carbonyl (C=O) groups is 1. The Labute approximate surface area is 159 Å². The highest BCUT2D eigenvalue weighted by molar-refractivity contribution is 7.89. The van der Waals surface area contributed by atoms with Gasteiger partial charge in [-0.05, 0) is 60.7 Å². The maximum atomic E-state index is 14.2. The van der Waals surface area contributed by atoms with Crippen molar-refractivity contribution >= 4 is 21.6 Å². The molecule has 0 saturated heterocycles. The molecule has 0 bridgehead atoms. The summed E-state index contributed by atoms with van der Waals surface area (Å²) in [4.78, 5) is 12.5.